The van der Waals surface area contributed by atoms with E-state index in [9.17, 15) is 14.4 Å². The van der Waals surface area contributed by atoms with Crippen LogP contribution in [0, 0.1) is 22.7 Å². The van der Waals surface area contributed by atoms with Crippen molar-refractivity contribution in [3.05, 3.63) is 101 Å². The van der Waals surface area contributed by atoms with Gasteiger partial charge in [-0.3, -0.25) is 14.4 Å². The molecule has 6 rings (SSSR count). The van der Waals surface area contributed by atoms with Crippen LogP contribution in [0.15, 0.2) is 84.9 Å². The third-order valence-corrected chi connectivity index (χ3v) is 8.54. The van der Waals surface area contributed by atoms with Crippen LogP contribution in [0.1, 0.15) is 31.4 Å². The van der Waals surface area contributed by atoms with Gasteiger partial charge in [-0.2, -0.15) is 0 Å². The Balaban J connectivity index is 1.65. The fraction of sp³-hybridized carbons (Fsp3) is 0.233. The Morgan fingerprint density at radius 2 is 1.34 bits per heavy atom. The molecule has 3 aliphatic rings. The normalized spacial score (nSPS) is 29.3. The highest BCUT2D eigenvalue weighted by atomic mass is 35.5. The van der Waals surface area contributed by atoms with Gasteiger partial charge >= 0.3 is 0 Å². The van der Waals surface area contributed by atoms with Crippen LogP contribution in [0.5, 0.6) is 0 Å². The first kappa shape index (κ1) is 22.0. The van der Waals surface area contributed by atoms with E-state index in [1.165, 1.54) is 4.90 Å². The second-order valence-corrected chi connectivity index (χ2v) is 10.2. The van der Waals surface area contributed by atoms with Gasteiger partial charge in [0.15, 0.2) is 5.78 Å². The van der Waals surface area contributed by atoms with Crippen LogP contribution in [-0.4, -0.2) is 17.6 Å². The number of allylic oxidation sites excluding steroid dienone is 2. The van der Waals surface area contributed by atoms with E-state index in [1.54, 1.807) is 24.3 Å². The first-order chi connectivity index (χ1) is 16.9. The van der Waals surface area contributed by atoms with Crippen molar-refractivity contribution in [1.29, 1.82) is 0 Å². The van der Waals surface area contributed by atoms with Crippen molar-refractivity contribution in [3.8, 4) is 0 Å². The fourth-order valence-corrected chi connectivity index (χ4v) is 7.18. The SMILES string of the molecule is CC[C@@]12C(=O)[C@@](C)(C(c3ccccc3)=C1c1ccccc1)[C@@H]1C(=O)N(c3cccc(Cl)c3)C(=O)[C@@H]12. The van der Waals surface area contributed by atoms with Crippen molar-refractivity contribution in [2.24, 2.45) is 22.7 Å². The van der Waals surface area contributed by atoms with E-state index < -0.39 is 22.7 Å². The highest BCUT2D eigenvalue weighted by Gasteiger charge is 2.79. The third kappa shape index (κ3) is 2.61. The van der Waals surface area contributed by atoms with Crippen molar-refractivity contribution in [1.82, 2.24) is 0 Å². The van der Waals surface area contributed by atoms with E-state index in [0.29, 0.717) is 17.1 Å². The molecule has 4 atom stereocenters. The first-order valence-electron chi connectivity index (χ1n) is 11.9. The van der Waals surface area contributed by atoms with Crippen molar-refractivity contribution in [3.63, 3.8) is 0 Å². The number of imide groups is 1. The number of halogens is 1. The van der Waals surface area contributed by atoms with Gasteiger partial charge in [0.1, 0.15) is 0 Å². The second kappa shape index (κ2) is 7.50. The van der Waals surface area contributed by atoms with Gasteiger partial charge < -0.3 is 0 Å². The van der Waals surface area contributed by atoms with Crippen LogP contribution in [0.3, 0.4) is 0 Å². The maximum Gasteiger partial charge on any atom is 0.239 e. The number of ketones is 1. The molecule has 1 heterocycles. The fourth-order valence-electron chi connectivity index (χ4n) is 7.00. The summed E-state index contributed by atoms with van der Waals surface area (Å²) in [5.74, 6) is -2.17. The van der Waals surface area contributed by atoms with Gasteiger partial charge in [-0.25, -0.2) is 4.90 Å². The number of fused-ring (bicyclic) bond motifs is 5. The minimum Gasteiger partial charge on any atom is -0.298 e. The third-order valence-electron chi connectivity index (χ3n) is 8.30. The summed E-state index contributed by atoms with van der Waals surface area (Å²) < 4.78 is 0. The zero-order valence-corrected chi connectivity index (χ0v) is 20.3. The maximum atomic E-state index is 14.4. The van der Waals surface area contributed by atoms with Gasteiger partial charge in [0.05, 0.1) is 28.4 Å². The number of amides is 2. The molecular formula is C30H24ClNO3. The Kier molecular flexibility index (Phi) is 4.71. The summed E-state index contributed by atoms with van der Waals surface area (Å²) in [6.45, 7) is 3.83. The summed E-state index contributed by atoms with van der Waals surface area (Å²) >= 11 is 6.21. The number of rotatable bonds is 4. The van der Waals surface area contributed by atoms with Crippen molar-refractivity contribution < 1.29 is 14.4 Å². The number of hydrogen-bond donors (Lipinski definition) is 0. The van der Waals surface area contributed by atoms with Gasteiger partial charge in [0, 0.05) is 5.02 Å². The predicted molar refractivity (Wildman–Crippen MR) is 136 cm³/mol. The number of Topliss-reactive ketones (excluding diaryl/α,β-unsaturated/α-hetero) is 1. The molecule has 2 aliphatic carbocycles. The zero-order chi connectivity index (χ0) is 24.5. The molecule has 5 heteroatoms. The molecule has 0 aromatic heterocycles. The molecule has 0 N–H and O–H groups in total. The van der Waals surface area contributed by atoms with Crippen LogP contribution in [0.2, 0.25) is 5.02 Å². The number of carbonyl (C=O) groups is 3. The lowest BCUT2D eigenvalue weighted by Gasteiger charge is -2.37. The van der Waals surface area contributed by atoms with Crippen molar-refractivity contribution >= 4 is 46.0 Å². The summed E-state index contributed by atoms with van der Waals surface area (Å²) in [5.41, 5.74) is 1.84. The lowest BCUT2D eigenvalue weighted by atomic mass is 9.62. The largest absolute Gasteiger partial charge is 0.298 e. The van der Waals surface area contributed by atoms with E-state index in [2.05, 4.69) is 0 Å². The lowest BCUT2D eigenvalue weighted by molar-refractivity contribution is -0.134. The molecule has 1 saturated carbocycles. The van der Waals surface area contributed by atoms with E-state index >= 15 is 0 Å². The molecule has 3 aromatic rings. The predicted octanol–water partition coefficient (Wildman–Crippen LogP) is 6.06. The summed E-state index contributed by atoms with van der Waals surface area (Å²) in [7, 11) is 0. The van der Waals surface area contributed by atoms with E-state index in [4.69, 9.17) is 11.6 Å². The lowest BCUT2D eigenvalue weighted by Crippen LogP contribution is -2.41. The summed E-state index contributed by atoms with van der Waals surface area (Å²) in [4.78, 5) is 43.8. The number of carbonyl (C=O) groups excluding carboxylic acids is 3. The highest BCUT2D eigenvalue weighted by molar-refractivity contribution is 6.35. The van der Waals surface area contributed by atoms with E-state index in [0.717, 1.165) is 22.3 Å². The highest BCUT2D eigenvalue weighted by Crippen LogP contribution is 2.74. The molecule has 1 saturated heterocycles. The quantitative estimate of drug-likeness (QED) is 0.426. The van der Waals surface area contributed by atoms with Crippen molar-refractivity contribution in [2.75, 3.05) is 4.90 Å². The van der Waals surface area contributed by atoms with E-state index in [-0.39, 0.29) is 17.6 Å². The zero-order valence-electron chi connectivity index (χ0n) is 19.5. The Labute approximate surface area is 209 Å². The second-order valence-electron chi connectivity index (χ2n) is 9.79. The van der Waals surface area contributed by atoms with Gasteiger partial charge in [0.2, 0.25) is 11.8 Å². The van der Waals surface area contributed by atoms with Gasteiger partial charge in [-0.1, -0.05) is 85.3 Å². The Morgan fingerprint density at radius 1 is 0.771 bits per heavy atom. The minimum atomic E-state index is -1.12. The summed E-state index contributed by atoms with van der Waals surface area (Å²) in [6.07, 6.45) is 0.436. The molecule has 3 aromatic carbocycles. The summed E-state index contributed by atoms with van der Waals surface area (Å²) in [5, 5.41) is 0.448. The standard InChI is InChI=1S/C30H24ClNO3/c1-3-30-23(19-13-8-5-9-14-19)22(18-11-6-4-7-12-18)29(2,28(30)35)24-25(30)27(34)32(26(24)33)21-16-10-15-20(31)17-21/h4-17,24-25H,3H2,1-2H3/t24-,25+,29-,30+/m0/s1. The Morgan fingerprint density at radius 3 is 1.91 bits per heavy atom. The van der Waals surface area contributed by atoms with Crippen LogP contribution in [0.25, 0.3) is 11.1 Å². The average molecular weight is 482 g/mol. The molecule has 2 fully saturated rings. The molecule has 2 amide bonds. The van der Waals surface area contributed by atoms with Crippen molar-refractivity contribution in [2.45, 2.75) is 20.3 Å². The summed E-state index contributed by atoms with van der Waals surface area (Å²) in [6, 6.07) is 26.4. The molecule has 174 valence electrons. The smallest absolute Gasteiger partial charge is 0.239 e. The molecule has 0 unspecified atom stereocenters. The molecular weight excluding hydrogens is 458 g/mol. The van der Waals surface area contributed by atoms with Crippen LogP contribution in [0.4, 0.5) is 5.69 Å². The van der Waals surface area contributed by atoms with E-state index in [1.807, 2.05) is 74.5 Å². The first-order valence-corrected chi connectivity index (χ1v) is 12.3. The average Bonchev–Trinajstić information content (AvgIpc) is 3.35. The molecule has 0 radical (unpaired) electrons. The van der Waals surface area contributed by atoms with Gasteiger partial charge in [-0.05, 0) is 53.8 Å². The van der Waals surface area contributed by atoms with Gasteiger partial charge in [-0.15, -0.1) is 0 Å². The molecule has 1 aliphatic heterocycles. The molecule has 4 nitrogen and oxygen atoms in total. The molecule has 0 spiro atoms. The molecule has 2 bridgehead atoms. The van der Waals surface area contributed by atoms with Crippen LogP contribution < -0.4 is 4.90 Å². The number of anilines is 1. The maximum absolute atomic E-state index is 14.4. The number of benzene rings is 3. The Hall–Kier alpha value is -3.50. The molecule has 35 heavy (non-hydrogen) atoms. The number of hydrogen-bond acceptors (Lipinski definition) is 3. The van der Waals surface area contributed by atoms with Crippen LogP contribution in [-0.2, 0) is 14.4 Å². The monoisotopic (exact) mass is 481 g/mol. The van der Waals surface area contributed by atoms with Gasteiger partial charge in [0.25, 0.3) is 0 Å². The number of nitrogens with zero attached hydrogens (tertiary/aromatic N) is 1. The Bertz CT molecular complexity index is 1430. The van der Waals surface area contributed by atoms with Crippen LogP contribution >= 0.6 is 11.6 Å². The topological polar surface area (TPSA) is 54.5 Å². The minimum absolute atomic E-state index is 0.0207.